The quantitative estimate of drug-likeness (QED) is 0.312. The molecule has 1 amide bonds. The van der Waals surface area contributed by atoms with Gasteiger partial charge in [-0.2, -0.15) is 0 Å². The van der Waals surface area contributed by atoms with Crippen molar-refractivity contribution in [1.82, 2.24) is 5.32 Å². The van der Waals surface area contributed by atoms with Crippen LogP contribution in [0, 0.1) is 10.1 Å². The largest absolute Gasteiger partial charge is 0.381 e. The molecule has 0 aliphatic rings. The van der Waals surface area contributed by atoms with Crippen LogP contribution >= 0.6 is 0 Å². The molecule has 0 heterocycles. The molecule has 0 aliphatic heterocycles. The molecule has 1 aromatic rings. The van der Waals surface area contributed by atoms with Gasteiger partial charge in [-0.05, 0) is 24.5 Å². The van der Waals surface area contributed by atoms with E-state index in [9.17, 15) is 14.9 Å². The molecule has 0 saturated carbocycles. The summed E-state index contributed by atoms with van der Waals surface area (Å²) >= 11 is 0. The number of hydrogen-bond acceptors (Lipinski definition) is 4. The highest BCUT2D eigenvalue weighted by Gasteiger charge is 2.04. The maximum atomic E-state index is 11.6. The lowest BCUT2D eigenvalue weighted by molar-refractivity contribution is -0.384. The number of carbonyl (C=O) groups excluding carboxylic acids is 1. The molecule has 0 aromatic heterocycles. The van der Waals surface area contributed by atoms with Crippen LogP contribution in [0.1, 0.15) is 31.7 Å². The molecule has 120 valence electrons. The average Bonchev–Trinajstić information content (AvgIpc) is 2.52. The number of nitrogens with one attached hydrogen (secondary N) is 1. The number of nitrogens with zero attached hydrogens (tertiary/aromatic N) is 1. The number of amides is 1. The molecule has 6 heteroatoms. The Morgan fingerprint density at radius 3 is 2.86 bits per heavy atom. The molecular weight excluding hydrogens is 284 g/mol. The van der Waals surface area contributed by atoms with Crippen LogP contribution in [-0.2, 0) is 9.53 Å². The van der Waals surface area contributed by atoms with Gasteiger partial charge in [0, 0.05) is 38.0 Å². The third-order valence-electron chi connectivity index (χ3n) is 2.92. The Kier molecular flexibility index (Phi) is 8.52. The Morgan fingerprint density at radius 2 is 2.14 bits per heavy atom. The predicted octanol–water partition coefficient (Wildman–Crippen LogP) is 2.93. The molecule has 0 atom stereocenters. The van der Waals surface area contributed by atoms with Crippen molar-refractivity contribution in [3.63, 3.8) is 0 Å². The number of ether oxygens (including phenoxy) is 1. The van der Waals surface area contributed by atoms with Crippen molar-refractivity contribution < 1.29 is 14.5 Å². The summed E-state index contributed by atoms with van der Waals surface area (Å²) in [5.41, 5.74) is 0.624. The SMILES string of the molecule is CCCCOCCCNC(=O)C=Cc1cccc([N+](=O)[O-])c1. The Labute approximate surface area is 130 Å². The summed E-state index contributed by atoms with van der Waals surface area (Å²) in [5, 5.41) is 13.4. The topological polar surface area (TPSA) is 81.5 Å². The predicted molar refractivity (Wildman–Crippen MR) is 85.5 cm³/mol. The zero-order valence-electron chi connectivity index (χ0n) is 12.8. The van der Waals surface area contributed by atoms with Crippen molar-refractivity contribution in [3.8, 4) is 0 Å². The van der Waals surface area contributed by atoms with Crippen LogP contribution in [0.3, 0.4) is 0 Å². The average molecular weight is 306 g/mol. The normalized spacial score (nSPS) is 10.8. The van der Waals surface area contributed by atoms with E-state index in [-0.39, 0.29) is 11.6 Å². The monoisotopic (exact) mass is 306 g/mol. The molecule has 0 radical (unpaired) electrons. The number of unbranched alkanes of at least 4 members (excludes halogenated alkanes) is 1. The van der Waals surface area contributed by atoms with Crippen LogP contribution in [0.4, 0.5) is 5.69 Å². The van der Waals surface area contributed by atoms with Crippen LogP contribution in [0.2, 0.25) is 0 Å². The Morgan fingerprint density at radius 1 is 1.36 bits per heavy atom. The number of non-ortho nitro benzene ring substituents is 1. The number of benzene rings is 1. The summed E-state index contributed by atoms with van der Waals surface area (Å²) in [6.07, 6.45) is 5.86. The van der Waals surface area contributed by atoms with Gasteiger partial charge in [0.25, 0.3) is 5.69 Å². The Hall–Kier alpha value is -2.21. The van der Waals surface area contributed by atoms with E-state index < -0.39 is 4.92 Å². The van der Waals surface area contributed by atoms with E-state index in [2.05, 4.69) is 12.2 Å². The van der Waals surface area contributed by atoms with Crippen LogP contribution in [-0.4, -0.2) is 30.6 Å². The summed E-state index contributed by atoms with van der Waals surface area (Å²) in [4.78, 5) is 21.8. The van der Waals surface area contributed by atoms with E-state index in [1.54, 1.807) is 18.2 Å². The van der Waals surface area contributed by atoms with Gasteiger partial charge in [-0.15, -0.1) is 0 Å². The van der Waals surface area contributed by atoms with E-state index in [0.717, 1.165) is 25.9 Å². The Balaban J connectivity index is 2.27. The van der Waals surface area contributed by atoms with E-state index >= 15 is 0 Å². The fourth-order valence-electron chi connectivity index (χ4n) is 1.71. The molecule has 0 spiro atoms. The minimum absolute atomic E-state index is 0.00628. The first kappa shape index (κ1) is 17.8. The number of nitro groups is 1. The van der Waals surface area contributed by atoms with Gasteiger partial charge < -0.3 is 10.1 Å². The van der Waals surface area contributed by atoms with Crippen LogP contribution in [0.25, 0.3) is 6.08 Å². The maximum absolute atomic E-state index is 11.6. The van der Waals surface area contributed by atoms with Crippen LogP contribution in [0.5, 0.6) is 0 Å². The Bertz CT molecular complexity index is 515. The van der Waals surface area contributed by atoms with Gasteiger partial charge in [0.05, 0.1) is 4.92 Å². The number of rotatable bonds is 10. The van der Waals surface area contributed by atoms with Crippen molar-refractivity contribution in [2.45, 2.75) is 26.2 Å². The first-order chi connectivity index (χ1) is 10.6. The maximum Gasteiger partial charge on any atom is 0.270 e. The van der Waals surface area contributed by atoms with Crippen LogP contribution < -0.4 is 5.32 Å². The van der Waals surface area contributed by atoms with Gasteiger partial charge in [0.1, 0.15) is 0 Å². The van der Waals surface area contributed by atoms with Crippen molar-refractivity contribution in [2.24, 2.45) is 0 Å². The molecular formula is C16H22N2O4. The van der Waals surface area contributed by atoms with E-state index in [1.807, 2.05) is 0 Å². The summed E-state index contributed by atoms with van der Waals surface area (Å²) in [5.74, 6) is -0.222. The summed E-state index contributed by atoms with van der Waals surface area (Å²) in [7, 11) is 0. The number of nitro benzene ring substituents is 1. The van der Waals surface area contributed by atoms with Gasteiger partial charge in [-0.1, -0.05) is 25.5 Å². The van der Waals surface area contributed by atoms with Gasteiger partial charge >= 0.3 is 0 Å². The van der Waals surface area contributed by atoms with E-state index in [4.69, 9.17) is 4.74 Å². The third kappa shape index (κ3) is 7.54. The fourth-order valence-corrected chi connectivity index (χ4v) is 1.71. The molecule has 22 heavy (non-hydrogen) atoms. The van der Waals surface area contributed by atoms with Gasteiger partial charge in [0.2, 0.25) is 5.91 Å². The second-order valence-electron chi connectivity index (χ2n) is 4.80. The van der Waals surface area contributed by atoms with E-state index in [0.29, 0.717) is 18.7 Å². The highest BCUT2D eigenvalue weighted by Crippen LogP contribution is 2.13. The molecule has 0 fully saturated rings. The zero-order valence-corrected chi connectivity index (χ0v) is 12.8. The van der Waals surface area contributed by atoms with Gasteiger partial charge in [0.15, 0.2) is 0 Å². The minimum atomic E-state index is -0.462. The molecule has 1 rings (SSSR count). The summed E-state index contributed by atoms with van der Waals surface area (Å²) in [6.45, 7) is 4.05. The second kappa shape index (κ2) is 10.5. The van der Waals surface area contributed by atoms with Crippen molar-refractivity contribution in [3.05, 3.63) is 46.0 Å². The molecule has 0 saturated heterocycles. The van der Waals surface area contributed by atoms with E-state index in [1.165, 1.54) is 18.2 Å². The zero-order chi connectivity index (χ0) is 16.2. The molecule has 0 bridgehead atoms. The number of hydrogen-bond donors (Lipinski definition) is 1. The second-order valence-corrected chi connectivity index (χ2v) is 4.80. The molecule has 6 nitrogen and oxygen atoms in total. The molecule has 1 aromatic carbocycles. The molecule has 0 aliphatic carbocycles. The lowest BCUT2D eigenvalue weighted by atomic mass is 10.2. The fraction of sp³-hybridized carbons (Fsp3) is 0.438. The standard InChI is InChI=1S/C16H22N2O4/c1-2-3-11-22-12-5-10-17-16(19)9-8-14-6-4-7-15(13-14)18(20)21/h4,6-9,13H,2-3,5,10-12H2,1H3,(H,17,19). The lowest BCUT2D eigenvalue weighted by Gasteiger charge is -2.04. The first-order valence-electron chi connectivity index (χ1n) is 7.41. The molecule has 1 N–H and O–H groups in total. The lowest BCUT2D eigenvalue weighted by Crippen LogP contribution is -2.23. The summed E-state index contributed by atoms with van der Waals surface area (Å²) in [6, 6.07) is 6.13. The van der Waals surface area contributed by atoms with Crippen molar-refractivity contribution in [1.29, 1.82) is 0 Å². The van der Waals surface area contributed by atoms with Crippen LogP contribution in [0.15, 0.2) is 30.3 Å². The number of carbonyl (C=O) groups is 1. The van der Waals surface area contributed by atoms with Gasteiger partial charge in [-0.25, -0.2) is 0 Å². The summed E-state index contributed by atoms with van der Waals surface area (Å²) < 4.78 is 5.39. The minimum Gasteiger partial charge on any atom is -0.381 e. The van der Waals surface area contributed by atoms with Crippen molar-refractivity contribution in [2.75, 3.05) is 19.8 Å². The third-order valence-corrected chi connectivity index (χ3v) is 2.92. The molecule has 0 unspecified atom stereocenters. The highest BCUT2D eigenvalue weighted by atomic mass is 16.6. The van der Waals surface area contributed by atoms with Crippen molar-refractivity contribution >= 4 is 17.7 Å². The first-order valence-corrected chi connectivity index (χ1v) is 7.41. The van der Waals surface area contributed by atoms with Gasteiger partial charge in [-0.3, -0.25) is 14.9 Å². The highest BCUT2D eigenvalue weighted by molar-refractivity contribution is 5.91. The smallest absolute Gasteiger partial charge is 0.270 e.